The fraction of sp³-hybridized carbons (Fsp3) is 0.696. The predicted octanol–water partition coefficient (Wildman–Crippen LogP) is 3.31. The highest BCUT2D eigenvalue weighted by Gasteiger charge is 2.35. The van der Waals surface area contributed by atoms with E-state index in [1.54, 1.807) is 0 Å². The Kier molecular flexibility index (Phi) is 10.7. The van der Waals surface area contributed by atoms with Crippen LogP contribution in [-0.4, -0.2) is 75.7 Å². The van der Waals surface area contributed by atoms with Gasteiger partial charge in [0.2, 0.25) is 0 Å². The van der Waals surface area contributed by atoms with Crippen LogP contribution in [0.2, 0.25) is 0 Å². The van der Waals surface area contributed by atoms with Gasteiger partial charge in [0.15, 0.2) is 5.96 Å². The zero-order valence-electron chi connectivity index (χ0n) is 18.3. The van der Waals surface area contributed by atoms with E-state index in [9.17, 15) is 0 Å². The minimum Gasteiger partial charge on any atom is -0.356 e. The third-order valence-electron chi connectivity index (χ3n) is 6.55. The minimum atomic E-state index is 0. The van der Waals surface area contributed by atoms with Gasteiger partial charge in [0.1, 0.15) is 0 Å². The number of hydrogen-bond acceptors (Lipinski definition) is 3. The summed E-state index contributed by atoms with van der Waals surface area (Å²) in [6.45, 7) is 8.03. The molecule has 0 atom stereocenters. The number of benzene rings is 1. The smallest absolute Gasteiger partial charge is 0.191 e. The molecule has 6 heteroatoms. The van der Waals surface area contributed by atoms with E-state index in [1.807, 2.05) is 7.05 Å². The van der Waals surface area contributed by atoms with Gasteiger partial charge < -0.3 is 20.4 Å². The molecule has 0 unspecified atom stereocenters. The Morgan fingerprint density at radius 3 is 2.34 bits per heavy atom. The average Bonchev–Trinajstić information content (AvgIpc) is 3.22. The van der Waals surface area contributed by atoms with Gasteiger partial charge in [-0.15, -0.1) is 24.0 Å². The van der Waals surface area contributed by atoms with Crippen LogP contribution in [-0.2, 0) is 5.41 Å². The lowest BCUT2D eigenvalue weighted by atomic mass is 9.79. The molecular weight excluding hydrogens is 473 g/mol. The normalized spacial score (nSPS) is 20.3. The zero-order valence-corrected chi connectivity index (χ0v) is 20.7. The van der Waals surface area contributed by atoms with Crippen LogP contribution in [0.5, 0.6) is 0 Å². The molecule has 2 fully saturated rings. The largest absolute Gasteiger partial charge is 0.356 e. The Morgan fingerprint density at radius 2 is 1.69 bits per heavy atom. The summed E-state index contributed by atoms with van der Waals surface area (Å²) in [4.78, 5) is 9.46. The first kappa shape index (κ1) is 24.4. The number of unbranched alkanes of at least 4 members (excludes halogenated alkanes) is 1. The molecule has 1 heterocycles. The van der Waals surface area contributed by atoms with E-state index in [2.05, 4.69) is 62.8 Å². The molecule has 1 aromatic rings. The first-order valence-electron chi connectivity index (χ1n) is 11.1. The van der Waals surface area contributed by atoms with E-state index in [4.69, 9.17) is 0 Å². The lowest BCUT2D eigenvalue weighted by molar-refractivity contribution is 0.152. The van der Waals surface area contributed by atoms with Crippen molar-refractivity contribution in [2.45, 2.75) is 43.9 Å². The van der Waals surface area contributed by atoms with Gasteiger partial charge in [-0.2, -0.15) is 0 Å². The van der Waals surface area contributed by atoms with E-state index in [-0.39, 0.29) is 29.4 Å². The second-order valence-corrected chi connectivity index (χ2v) is 8.56. The van der Waals surface area contributed by atoms with Gasteiger partial charge in [0.25, 0.3) is 0 Å². The molecule has 0 aromatic heterocycles. The summed E-state index contributed by atoms with van der Waals surface area (Å²) in [6, 6.07) is 11.0. The molecule has 164 valence electrons. The first-order chi connectivity index (χ1) is 13.7. The Labute approximate surface area is 194 Å². The van der Waals surface area contributed by atoms with E-state index in [0.29, 0.717) is 0 Å². The summed E-state index contributed by atoms with van der Waals surface area (Å²) in [5, 5.41) is 7.14. The van der Waals surface area contributed by atoms with Crippen molar-refractivity contribution in [3.05, 3.63) is 35.9 Å². The molecular formula is C23H40IN5. The van der Waals surface area contributed by atoms with E-state index in [1.165, 1.54) is 76.8 Å². The molecule has 0 amide bonds. The van der Waals surface area contributed by atoms with Crippen molar-refractivity contribution >= 4 is 29.9 Å². The quantitative estimate of drug-likeness (QED) is 0.242. The molecule has 0 spiro atoms. The van der Waals surface area contributed by atoms with Crippen LogP contribution in [0.3, 0.4) is 0 Å². The van der Waals surface area contributed by atoms with Gasteiger partial charge in [0, 0.05) is 51.7 Å². The van der Waals surface area contributed by atoms with Gasteiger partial charge in [-0.3, -0.25) is 4.99 Å². The number of halogens is 1. The number of piperazine rings is 1. The number of rotatable bonds is 8. The number of guanidine groups is 1. The van der Waals surface area contributed by atoms with Crippen molar-refractivity contribution in [1.29, 1.82) is 0 Å². The summed E-state index contributed by atoms with van der Waals surface area (Å²) in [5.74, 6) is 0.946. The van der Waals surface area contributed by atoms with Crippen molar-refractivity contribution in [3.63, 3.8) is 0 Å². The van der Waals surface area contributed by atoms with Crippen LogP contribution < -0.4 is 10.6 Å². The van der Waals surface area contributed by atoms with Crippen molar-refractivity contribution in [2.24, 2.45) is 4.99 Å². The molecule has 29 heavy (non-hydrogen) atoms. The number of hydrogen-bond donors (Lipinski definition) is 2. The molecule has 3 rings (SSSR count). The van der Waals surface area contributed by atoms with Crippen LogP contribution in [0.15, 0.2) is 35.3 Å². The Morgan fingerprint density at radius 1 is 1.00 bits per heavy atom. The van der Waals surface area contributed by atoms with Crippen molar-refractivity contribution < 1.29 is 0 Å². The van der Waals surface area contributed by atoms with Gasteiger partial charge >= 0.3 is 0 Å². The summed E-state index contributed by atoms with van der Waals surface area (Å²) < 4.78 is 0. The summed E-state index contributed by atoms with van der Waals surface area (Å²) in [5.41, 5.74) is 1.74. The fourth-order valence-corrected chi connectivity index (χ4v) is 4.62. The fourth-order valence-electron chi connectivity index (χ4n) is 4.62. The molecule has 0 bridgehead atoms. The van der Waals surface area contributed by atoms with Crippen molar-refractivity contribution in [3.8, 4) is 0 Å². The summed E-state index contributed by atoms with van der Waals surface area (Å²) in [7, 11) is 4.09. The molecule has 1 saturated carbocycles. The van der Waals surface area contributed by atoms with Gasteiger partial charge in [0.05, 0.1) is 0 Å². The van der Waals surface area contributed by atoms with Crippen LogP contribution in [0.1, 0.15) is 44.1 Å². The molecule has 1 saturated heterocycles. The van der Waals surface area contributed by atoms with Gasteiger partial charge in [-0.05, 0) is 44.8 Å². The van der Waals surface area contributed by atoms with E-state index in [0.717, 1.165) is 19.0 Å². The number of aliphatic imine (C=N–C) groups is 1. The monoisotopic (exact) mass is 513 g/mol. The molecule has 1 aliphatic carbocycles. The Balaban J connectivity index is 0.00000300. The maximum Gasteiger partial charge on any atom is 0.191 e. The van der Waals surface area contributed by atoms with Crippen LogP contribution in [0.4, 0.5) is 0 Å². The first-order valence-corrected chi connectivity index (χ1v) is 11.1. The highest BCUT2D eigenvalue weighted by molar-refractivity contribution is 14.0. The lowest BCUT2D eigenvalue weighted by Gasteiger charge is -2.32. The maximum absolute atomic E-state index is 4.45. The Hall–Kier alpha value is -0.860. The molecule has 1 aromatic carbocycles. The van der Waals surface area contributed by atoms with Crippen LogP contribution in [0.25, 0.3) is 0 Å². The summed E-state index contributed by atoms with van der Waals surface area (Å²) >= 11 is 0. The third-order valence-corrected chi connectivity index (χ3v) is 6.55. The van der Waals surface area contributed by atoms with E-state index >= 15 is 0 Å². The molecule has 2 N–H and O–H groups in total. The number of nitrogens with one attached hydrogen (secondary N) is 2. The molecule has 2 aliphatic rings. The van der Waals surface area contributed by atoms with Crippen molar-refractivity contribution in [2.75, 3.05) is 59.9 Å². The minimum absolute atomic E-state index is 0. The van der Waals surface area contributed by atoms with Gasteiger partial charge in [-0.25, -0.2) is 0 Å². The molecule has 1 aliphatic heterocycles. The second kappa shape index (κ2) is 12.7. The average molecular weight is 514 g/mol. The zero-order chi connectivity index (χ0) is 19.7. The highest BCUT2D eigenvalue weighted by Crippen LogP contribution is 2.40. The number of likely N-dealkylation sites (N-methyl/N-ethyl adjacent to an activating group) is 1. The molecule has 5 nitrogen and oxygen atoms in total. The van der Waals surface area contributed by atoms with Crippen LogP contribution in [0, 0.1) is 0 Å². The molecule has 0 radical (unpaired) electrons. The predicted molar refractivity (Wildman–Crippen MR) is 135 cm³/mol. The summed E-state index contributed by atoms with van der Waals surface area (Å²) in [6.07, 6.45) is 7.64. The van der Waals surface area contributed by atoms with Crippen molar-refractivity contribution in [1.82, 2.24) is 20.4 Å². The topological polar surface area (TPSA) is 42.9 Å². The second-order valence-electron chi connectivity index (χ2n) is 8.56. The van der Waals surface area contributed by atoms with Gasteiger partial charge in [-0.1, -0.05) is 43.2 Å². The maximum atomic E-state index is 4.45. The van der Waals surface area contributed by atoms with E-state index < -0.39 is 0 Å². The van der Waals surface area contributed by atoms with Crippen LogP contribution >= 0.6 is 24.0 Å². The highest BCUT2D eigenvalue weighted by atomic mass is 127. The lowest BCUT2D eigenvalue weighted by Crippen LogP contribution is -2.45. The Bertz CT molecular complexity index is 593. The SMILES string of the molecule is CN=C(NCCCCN1CCN(C)CC1)NCC1(c2ccccc2)CCCC1.I. The number of nitrogens with zero attached hydrogens (tertiary/aromatic N) is 3. The third kappa shape index (κ3) is 7.40. The standard InChI is InChI=1S/C23H39N5.HI/c1-24-22(25-14-8-9-15-28-18-16-27(2)17-19-28)26-20-23(12-6-7-13-23)21-10-4-3-5-11-21;/h3-5,10-11H,6-9,12-20H2,1-2H3,(H2,24,25,26);1H.